The Labute approximate surface area is 203 Å². The number of carbonyl (C=O) groups excluding carboxylic acids is 1. The molecule has 4 aromatic rings. The molecule has 0 unspecified atom stereocenters. The number of fused-ring (bicyclic) bond motifs is 3. The zero-order valence-electron chi connectivity index (χ0n) is 19.7. The van der Waals surface area contributed by atoms with Gasteiger partial charge < -0.3 is 9.88 Å². The van der Waals surface area contributed by atoms with Crippen LogP contribution in [0, 0.1) is 13.8 Å². The first-order valence-corrected chi connectivity index (χ1v) is 12.3. The van der Waals surface area contributed by atoms with Gasteiger partial charge in [0.2, 0.25) is 0 Å². The van der Waals surface area contributed by atoms with E-state index in [2.05, 4.69) is 52.1 Å². The number of benzene rings is 2. The quantitative estimate of drug-likeness (QED) is 0.425. The number of aryl methyl sites for hydroxylation is 2. The van der Waals surface area contributed by atoms with Crippen molar-refractivity contribution in [1.29, 1.82) is 0 Å². The number of hydrogen-bond acceptors (Lipinski definition) is 3. The zero-order valence-corrected chi connectivity index (χ0v) is 20.5. The van der Waals surface area contributed by atoms with Crippen molar-refractivity contribution in [3.63, 3.8) is 0 Å². The van der Waals surface area contributed by atoms with Crippen molar-refractivity contribution in [1.82, 2.24) is 24.6 Å². The molecule has 1 amide bonds. The number of aromatic nitrogens is 4. The van der Waals surface area contributed by atoms with Crippen molar-refractivity contribution in [3.05, 3.63) is 76.0 Å². The van der Waals surface area contributed by atoms with E-state index in [1.54, 1.807) is 24.0 Å². The van der Waals surface area contributed by atoms with Crippen molar-refractivity contribution in [2.24, 2.45) is 0 Å². The maximum absolute atomic E-state index is 13.3. The van der Waals surface area contributed by atoms with E-state index in [9.17, 15) is 4.79 Å². The molecule has 1 saturated carbocycles. The van der Waals surface area contributed by atoms with Crippen molar-refractivity contribution in [2.45, 2.75) is 64.5 Å². The molecular weight excluding hydrogens is 446 g/mol. The van der Waals surface area contributed by atoms with Gasteiger partial charge in [0.05, 0.1) is 16.1 Å². The van der Waals surface area contributed by atoms with Gasteiger partial charge in [-0.05, 0) is 88.3 Å². The Balaban J connectivity index is 1.29. The first kappa shape index (κ1) is 21.4. The topological polar surface area (TPSA) is 64.7 Å². The molecule has 3 heterocycles. The van der Waals surface area contributed by atoms with E-state index in [0.717, 1.165) is 30.9 Å². The molecule has 0 radical (unpaired) electrons. The molecule has 1 atom stereocenters. The summed E-state index contributed by atoms with van der Waals surface area (Å²) >= 11 is 6.56. The first-order chi connectivity index (χ1) is 16.3. The second-order valence-corrected chi connectivity index (χ2v) is 10.6. The van der Waals surface area contributed by atoms with E-state index in [1.165, 1.54) is 35.0 Å². The summed E-state index contributed by atoms with van der Waals surface area (Å²) in [6.07, 6.45) is 6.09. The maximum Gasteiger partial charge on any atom is 0.253 e. The molecule has 0 saturated heterocycles. The second-order valence-electron chi connectivity index (χ2n) is 10.2. The lowest BCUT2D eigenvalue weighted by molar-refractivity contribution is 0.0884. The summed E-state index contributed by atoms with van der Waals surface area (Å²) < 4.78 is 4.29. The van der Waals surface area contributed by atoms with Crippen LogP contribution in [0.5, 0.6) is 0 Å². The van der Waals surface area contributed by atoms with Crippen molar-refractivity contribution in [3.8, 4) is 5.69 Å². The van der Waals surface area contributed by atoms with Gasteiger partial charge in [0.25, 0.3) is 5.91 Å². The molecule has 174 valence electrons. The molecule has 7 heteroatoms. The third-order valence-corrected chi connectivity index (χ3v) is 7.70. The van der Waals surface area contributed by atoms with Crippen LogP contribution < -0.4 is 5.32 Å². The fourth-order valence-electron chi connectivity index (χ4n) is 5.48. The fraction of sp³-hybridized carbons (Fsp3) is 0.370. The van der Waals surface area contributed by atoms with E-state index in [4.69, 9.17) is 11.6 Å². The molecule has 2 aromatic carbocycles. The lowest BCUT2D eigenvalue weighted by Gasteiger charge is -2.37. The highest BCUT2D eigenvalue weighted by atomic mass is 35.5. The molecule has 1 aliphatic heterocycles. The Bertz CT molecular complexity index is 1450. The SMILES string of the molecule is Cc1ccc2c(c1)c(C1CC1)c1n2C[C@](C)(NC(=O)c2ccc(-n3cnnc3C)cc2Cl)CC1. The molecule has 0 spiro atoms. The molecule has 0 bridgehead atoms. The van der Waals surface area contributed by atoms with Crippen LogP contribution in [-0.2, 0) is 13.0 Å². The lowest BCUT2D eigenvalue weighted by atomic mass is 9.89. The minimum Gasteiger partial charge on any atom is -0.345 e. The van der Waals surface area contributed by atoms with E-state index < -0.39 is 0 Å². The Kier molecular flexibility index (Phi) is 4.85. The molecule has 2 aromatic heterocycles. The smallest absolute Gasteiger partial charge is 0.253 e. The van der Waals surface area contributed by atoms with E-state index in [0.29, 0.717) is 16.5 Å². The van der Waals surface area contributed by atoms with Crippen LogP contribution in [0.1, 0.15) is 65.1 Å². The van der Waals surface area contributed by atoms with Gasteiger partial charge in [-0.2, -0.15) is 0 Å². The predicted molar refractivity (Wildman–Crippen MR) is 134 cm³/mol. The largest absolute Gasteiger partial charge is 0.345 e. The van der Waals surface area contributed by atoms with Gasteiger partial charge in [-0.3, -0.25) is 9.36 Å². The van der Waals surface area contributed by atoms with Crippen LogP contribution in [-0.4, -0.2) is 30.8 Å². The minimum absolute atomic E-state index is 0.141. The van der Waals surface area contributed by atoms with Gasteiger partial charge in [-0.25, -0.2) is 0 Å². The van der Waals surface area contributed by atoms with Gasteiger partial charge in [0, 0.05) is 28.8 Å². The average molecular weight is 474 g/mol. The molecular formula is C27H28ClN5O. The Morgan fingerprint density at radius 3 is 2.71 bits per heavy atom. The van der Waals surface area contributed by atoms with Crippen LogP contribution in [0.4, 0.5) is 0 Å². The van der Waals surface area contributed by atoms with Gasteiger partial charge >= 0.3 is 0 Å². The summed E-state index contributed by atoms with van der Waals surface area (Å²) in [4.78, 5) is 13.3. The average Bonchev–Trinajstić information content (AvgIpc) is 3.46. The summed E-state index contributed by atoms with van der Waals surface area (Å²) in [5.74, 6) is 1.32. The third-order valence-electron chi connectivity index (χ3n) is 7.38. The summed E-state index contributed by atoms with van der Waals surface area (Å²) in [5, 5.41) is 13.1. The normalized spacial score (nSPS) is 19.9. The van der Waals surface area contributed by atoms with Gasteiger partial charge in [0.15, 0.2) is 0 Å². The van der Waals surface area contributed by atoms with Crippen molar-refractivity contribution < 1.29 is 4.79 Å². The van der Waals surface area contributed by atoms with Gasteiger partial charge in [-0.1, -0.05) is 23.2 Å². The summed E-state index contributed by atoms with van der Waals surface area (Å²) in [5.41, 5.74) is 6.56. The third kappa shape index (κ3) is 3.52. The Morgan fingerprint density at radius 1 is 1.18 bits per heavy atom. The lowest BCUT2D eigenvalue weighted by Crippen LogP contribution is -2.51. The van der Waals surface area contributed by atoms with Crippen LogP contribution in [0.15, 0.2) is 42.7 Å². The van der Waals surface area contributed by atoms with Crippen LogP contribution in [0.3, 0.4) is 0 Å². The Hall–Kier alpha value is -3.12. The molecule has 6 nitrogen and oxygen atoms in total. The van der Waals surface area contributed by atoms with Crippen LogP contribution in [0.2, 0.25) is 5.02 Å². The highest BCUT2D eigenvalue weighted by Gasteiger charge is 2.38. The molecule has 1 aliphatic carbocycles. The monoisotopic (exact) mass is 473 g/mol. The molecule has 1 N–H and O–H groups in total. The Morgan fingerprint density at radius 2 is 2.00 bits per heavy atom. The summed E-state index contributed by atoms with van der Waals surface area (Å²) in [7, 11) is 0. The van der Waals surface area contributed by atoms with E-state index in [1.807, 2.05) is 17.6 Å². The molecule has 2 aliphatic rings. The number of hydrogen-bond donors (Lipinski definition) is 1. The summed E-state index contributed by atoms with van der Waals surface area (Å²) in [6, 6.07) is 12.2. The summed E-state index contributed by atoms with van der Waals surface area (Å²) in [6.45, 7) is 6.95. The maximum atomic E-state index is 13.3. The zero-order chi connectivity index (χ0) is 23.6. The number of carbonyl (C=O) groups is 1. The molecule has 1 fully saturated rings. The van der Waals surface area contributed by atoms with E-state index in [-0.39, 0.29) is 11.4 Å². The minimum atomic E-state index is -0.353. The second kappa shape index (κ2) is 7.70. The molecule has 6 rings (SSSR count). The highest BCUT2D eigenvalue weighted by Crippen LogP contribution is 2.48. The predicted octanol–water partition coefficient (Wildman–Crippen LogP) is 5.50. The van der Waals surface area contributed by atoms with Crippen LogP contribution >= 0.6 is 11.6 Å². The number of amides is 1. The van der Waals surface area contributed by atoms with Crippen molar-refractivity contribution >= 4 is 28.4 Å². The van der Waals surface area contributed by atoms with E-state index >= 15 is 0 Å². The highest BCUT2D eigenvalue weighted by molar-refractivity contribution is 6.34. The molecule has 34 heavy (non-hydrogen) atoms. The number of nitrogens with zero attached hydrogens (tertiary/aromatic N) is 4. The number of rotatable bonds is 4. The number of halogens is 1. The number of nitrogens with one attached hydrogen (secondary N) is 1. The standard InChI is InChI=1S/C27H28ClN5O/c1-16-4-9-23-21(12-16)25(18-5-6-18)24-10-11-27(3,14-32(23)24)30-26(34)20-8-7-19(13-22(20)28)33-15-29-31-17(33)2/h4,7-9,12-13,15,18H,5-6,10-11,14H2,1-3H3,(H,30,34)/t27-/m1/s1. The van der Waals surface area contributed by atoms with Gasteiger partial charge in [-0.15, -0.1) is 10.2 Å². The van der Waals surface area contributed by atoms with Crippen molar-refractivity contribution in [2.75, 3.05) is 0 Å². The fourth-order valence-corrected chi connectivity index (χ4v) is 5.74. The van der Waals surface area contributed by atoms with Gasteiger partial charge in [0.1, 0.15) is 12.2 Å². The van der Waals surface area contributed by atoms with Crippen LogP contribution in [0.25, 0.3) is 16.6 Å². The first-order valence-electron chi connectivity index (χ1n) is 11.9.